The molecule has 8 nitrogen and oxygen atoms in total. The van der Waals surface area contributed by atoms with E-state index >= 15 is 0 Å². The Hall–Kier alpha value is -4.00. The minimum absolute atomic E-state index is 0.0386. The first-order valence-electron chi connectivity index (χ1n) is 15.1. The van der Waals surface area contributed by atoms with E-state index in [1.54, 1.807) is 6.08 Å². The van der Waals surface area contributed by atoms with Crippen molar-refractivity contribution < 1.29 is 31.5 Å². The molecule has 1 fully saturated rings. The van der Waals surface area contributed by atoms with E-state index in [9.17, 15) is 18.0 Å². The molecule has 0 spiro atoms. The van der Waals surface area contributed by atoms with Gasteiger partial charge in [-0.3, -0.25) is 9.35 Å². The highest BCUT2D eigenvalue weighted by molar-refractivity contribution is 7.85. The number of allylic oxidation sites excluding steroid dienone is 1. The highest BCUT2D eigenvalue weighted by Crippen LogP contribution is 2.58. The molecule has 3 aromatic rings. The number of para-hydroxylation sites is 1. The van der Waals surface area contributed by atoms with Crippen LogP contribution in [0.3, 0.4) is 0 Å². The van der Waals surface area contributed by atoms with Crippen LogP contribution in [0.1, 0.15) is 74.6 Å². The van der Waals surface area contributed by atoms with Gasteiger partial charge in [0.2, 0.25) is 5.69 Å². The van der Waals surface area contributed by atoms with Crippen LogP contribution in [0.5, 0.6) is 0 Å². The Balaban J connectivity index is 1.36. The van der Waals surface area contributed by atoms with Gasteiger partial charge in [-0.25, -0.2) is 4.79 Å². The smallest absolute Gasteiger partial charge is 0.343 e. The summed E-state index contributed by atoms with van der Waals surface area (Å²) in [5.41, 5.74) is 4.93. The second kappa shape index (κ2) is 11.5. The molecule has 44 heavy (non-hydrogen) atoms. The zero-order valence-corrected chi connectivity index (χ0v) is 25.9. The van der Waals surface area contributed by atoms with Crippen LogP contribution in [0.2, 0.25) is 0 Å². The Morgan fingerprint density at radius 1 is 1.18 bits per heavy atom. The summed E-state index contributed by atoms with van der Waals surface area (Å²) in [6.07, 6.45) is 6.16. The molecule has 1 N–H and O–H groups in total. The van der Waals surface area contributed by atoms with E-state index in [0.717, 1.165) is 39.9 Å². The molecular formula is C35H36NO7S+. The monoisotopic (exact) mass is 614 g/mol. The molecule has 0 radical (unpaired) electrons. The van der Waals surface area contributed by atoms with Crippen molar-refractivity contribution >= 4 is 44.5 Å². The molecule has 2 heterocycles. The number of ether oxygens (including phenoxy) is 1. The summed E-state index contributed by atoms with van der Waals surface area (Å²) in [6.45, 7) is 6.96. The van der Waals surface area contributed by atoms with Crippen LogP contribution in [0.25, 0.3) is 17.0 Å². The first-order chi connectivity index (χ1) is 21.0. The van der Waals surface area contributed by atoms with Crippen molar-refractivity contribution in [3.8, 4) is 11.8 Å². The van der Waals surface area contributed by atoms with E-state index in [4.69, 9.17) is 13.7 Å². The standard InChI is InChI=1S/C35H35NO7S/c1-4-42-34(38)32-25-12-6-5-11-22-21-29-24(20-26(22)31(25)32)19-23(33(37)43-29)15-16-30-35(2,3)27-13-7-8-14-28(27)36(30)17-9-10-18-44(39,40)41/h7-8,13-16,19-21,25,31-32H,4,6,9-10,12,17-18H2,1-3H3/p+1. The number of benzene rings is 2. The second-order valence-electron chi connectivity index (χ2n) is 12.3. The maximum atomic E-state index is 13.2. The van der Waals surface area contributed by atoms with E-state index in [1.807, 2.05) is 49.4 Å². The number of unbranched alkanes of at least 4 members (excludes halogenated alkanes) is 1. The van der Waals surface area contributed by atoms with Gasteiger partial charge in [0, 0.05) is 47.4 Å². The molecule has 0 amide bonds. The van der Waals surface area contributed by atoms with Gasteiger partial charge in [-0.05, 0) is 69.4 Å². The van der Waals surface area contributed by atoms with Gasteiger partial charge in [0.05, 0.1) is 29.3 Å². The highest BCUT2D eigenvalue weighted by atomic mass is 32.2. The third-order valence-corrected chi connectivity index (χ3v) is 9.90. The predicted molar refractivity (Wildman–Crippen MR) is 169 cm³/mol. The lowest BCUT2D eigenvalue weighted by atomic mass is 9.81. The molecule has 0 saturated heterocycles. The van der Waals surface area contributed by atoms with Crippen molar-refractivity contribution in [3.63, 3.8) is 0 Å². The zero-order chi connectivity index (χ0) is 31.2. The number of carbonyl (C=O) groups is 1. The van der Waals surface area contributed by atoms with Crippen molar-refractivity contribution in [2.75, 3.05) is 18.9 Å². The summed E-state index contributed by atoms with van der Waals surface area (Å²) in [5.74, 6) is 6.01. The van der Waals surface area contributed by atoms with Crippen molar-refractivity contribution in [2.24, 2.45) is 11.8 Å². The van der Waals surface area contributed by atoms with Crippen LogP contribution in [-0.2, 0) is 25.1 Å². The third kappa shape index (κ3) is 5.64. The topological polar surface area (TPSA) is 114 Å². The van der Waals surface area contributed by atoms with E-state index in [1.165, 1.54) is 0 Å². The molecule has 2 aliphatic carbocycles. The molecule has 9 heteroatoms. The Kier molecular flexibility index (Phi) is 7.85. The molecule has 2 aromatic carbocycles. The fourth-order valence-corrected chi connectivity index (χ4v) is 7.49. The molecule has 228 valence electrons. The minimum atomic E-state index is -4.02. The molecule has 3 aliphatic rings. The van der Waals surface area contributed by atoms with Gasteiger partial charge in [0.25, 0.3) is 10.1 Å². The predicted octanol–water partition coefficient (Wildman–Crippen LogP) is 5.59. The summed E-state index contributed by atoms with van der Waals surface area (Å²) in [4.78, 5) is 25.9. The van der Waals surface area contributed by atoms with Crippen LogP contribution < -0.4 is 5.63 Å². The maximum absolute atomic E-state index is 13.2. The summed E-state index contributed by atoms with van der Waals surface area (Å²) in [7, 11) is -4.02. The number of nitrogens with zero attached hydrogens (tertiary/aromatic N) is 1. The molecule has 6 rings (SSSR count). The lowest BCUT2D eigenvalue weighted by Gasteiger charge is -2.15. The number of hydrogen-bond donors (Lipinski definition) is 1. The van der Waals surface area contributed by atoms with Gasteiger partial charge in [-0.1, -0.05) is 30.0 Å². The van der Waals surface area contributed by atoms with E-state index < -0.39 is 15.7 Å². The summed E-state index contributed by atoms with van der Waals surface area (Å²) in [5, 5.41) is 0.764. The van der Waals surface area contributed by atoms with Crippen molar-refractivity contribution in [3.05, 3.63) is 81.2 Å². The maximum Gasteiger partial charge on any atom is 0.343 e. The molecule has 0 bridgehead atoms. The average Bonchev–Trinajstić information content (AvgIpc) is 3.62. The van der Waals surface area contributed by atoms with Crippen molar-refractivity contribution in [1.29, 1.82) is 0 Å². The van der Waals surface area contributed by atoms with Gasteiger partial charge in [0.15, 0.2) is 5.71 Å². The molecule has 1 aromatic heterocycles. The summed E-state index contributed by atoms with van der Waals surface area (Å²) < 4.78 is 44.9. The fraction of sp³-hybridized carbons (Fsp3) is 0.400. The average molecular weight is 615 g/mol. The Bertz CT molecular complexity index is 1960. The minimum Gasteiger partial charge on any atom is -0.466 e. The molecule has 1 aliphatic heterocycles. The SMILES string of the molecule is CCOC(=O)C1C2CCC#Cc3cc4oc(=O)c(C=CC5=[N+](CCCCS(=O)(=O)O)c6ccccc6C5(C)C)cc4cc3C21. The fourth-order valence-electron chi connectivity index (χ4n) is 6.92. The first-order valence-corrected chi connectivity index (χ1v) is 16.8. The molecule has 3 unspecified atom stereocenters. The summed E-state index contributed by atoms with van der Waals surface area (Å²) in [6, 6.07) is 13.7. The van der Waals surface area contributed by atoms with Crippen LogP contribution in [-0.4, -0.2) is 48.1 Å². The number of rotatable bonds is 9. The quantitative estimate of drug-likeness (QED) is 0.0835. The van der Waals surface area contributed by atoms with Crippen LogP contribution in [0, 0.1) is 23.7 Å². The normalized spacial score (nSPS) is 21.6. The first kappa shape index (κ1) is 30.0. The number of hydrogen-bond acceptors (Lipinski definition) is 6. The number of fused-ring (bicyclic) bond motifs is 5. The van der Waals surface area contributed by atoms with Gasteiger partial charge in [0.1, 0.15) is 12.1 Å². The van der Waals surface area contributed by atoms with Crippen LogP contribution in [0.15, 0.2) is 57.8 Å². The molecule has 3 atom stereocenters. The Morgan fingerprint density at radius 2 is 1.98 bits per heavy atom. The van der Waals surface area contributed by atoms with Gasteiger partial charge >= 0.3 is 11.6 Å². The van der Waals surface area contributed by atoms with E-state index in [0.29, 0.717) is 43.6 Å². The highest BCUT2D eigenvalue weighted by Gasteiger charge is 2.56. The van der Waals surface area contributed by atoms with Crippen molar-refractivity contribution in [2.45, 2.75) is 57.8 Å². The Morgan fingerprint density at radius 3 is 2.75 bits per heavy atom. The number of carbonyl (C=O) groups excluding carboxylic acids is 1. The summed E-state index contributed by atoms with van der Waals surface area (Å²) >= 11 is 0. The second-order valence-corrected chi connectivity index (χ2v) is 13.9. The van der Waals surface area contributed by atoms with Crippen molar-refractivity contribution in [1.82, 2.24) is 0 Å². The lowest BCUT2D eigenvalue weighted by Crippen LogP contribution is -2.28. The van der Waals surface area contributed by atoms with Crippen LogP contribution in [0.4, 0.5) is 5.69 Å². The molecular weight excluding hydrogens is 578 g/mol. The lowest BCUT2D eigenvalue weighted by molar-refractivity contribution is -0.438. The van der Waals surface area contributed by atoms with Crippen LogP contribution >= 0.6 is 0 Å². The van der Waals surface area contributed by atoms with Gasteiger partial charge in [-0.2, -0.15) is 13.0 Å². The van der Waals surface area contributed by atoms with Gasteiger partial charge in [-0.15, -0.1) is 0 Å². The molecule has 1 saturated carbocycles. The largest absolute Gasteiger partial charge is 0.466 e. The number of esters is 1. The van der Waals surface area contributed by atoms with Gasteiger partial charge < -0.3 is 9.15 Å². The van der Waals surface area contributed by atoms with E-state index in [2.05, 4.69) is 36.3 Å². The van der Waals surface area contributed by atoms with E-state index in [-0.39, 0.29) is 34.9 Å². The Labute approximate surface area is 257 Å². The third-order valence-electron chi connectivity index (χ3n) is 9.10. The zero-order valence-electron chi connectivity index (χ0n) is 25.1.